The van der Waals surface area contributed by atoms with Crippen LogP contribution in [0.4, 0.5) is 0 Å². The highest BCUT2D eigenvalue weighted by Crippen LogP contribution is 2.20. The first-order valence-electron chi connectivity index (χ1n) is 5.03. The summed E-state index contributed by atoms with van der Waals surface area (Å²) in [4.78, 5) is 23.8. The maximum atomic E-state index is 11.3. The summed E-state index contributed by atoms with van der Waals surface area (Å²) in [5.74, 6) is -0.425. The van der Waals surface area contributed by atoms with E-state index in [-0.39, 0.29) is 11.8 Å². The Morgan fingerprint density at radius 2 is 1.50 bits per heavy atom. The molecule has 0 radical (unpaired) electrons. The van der Waals surface area contributed by atoms with Gasteiger partial charge in [-0.2, -0.15) is 0 Å². The number of rotatable bonds is 1. The number of carbonyl (C=O) groups is 2. The fraction of sp³-hybridized carbons (Fsp3) is 0.333. The van der Waals surface area contributed by atoms with Crippen LogP contribution in [0.3, 0.4) is 0 Å². The standard InChI is InChI=1S/C9H7NO2.C3H8O/c1-10-8(11)6-4-2-3-5-7(6)9(10)12;1-3-4-2/h2-5H,1H3;3H2,1-2H3. The number of benzene rings is 1. The minimum absolute atomic E-state index is 0.212. The zero-order valence-corrected chi connectivity index (χ0v) is 9.69. The summed E-state index contributed by atoms with van der Waals surface area (Å²) in [6, 6.07) is 6.84. The molecule has 86 valence electrons. The Balaban J connectivity index is 0.000000280. The van der Waals surface area contributed by atoms with E-state index >= 15 is 0 Å². The maximum Gasteiger partial charge on any atom is 0.261 e. The lowest BCUT2D eigenvalue weighted by Crippen LogP contribution is -2.24. The third-order valence-corrected chi connectivity index (χ3v) is 2.29. The Bertz CT molecular complexity index is 364. The molecule has 16 heavy (non-hydrogen) atoms. The van der Waals surface area contributed by atoms with E-state index in [0.717, 1.165) is 11.5 Å². The van der Waals surface area contributed by atoms with Gasteiger partial charge in [-0.3, -0.25) is 14.5 Å². The zero-order valence-electron chi connectivity index (χ0n) is 9.69. The Morgan fingerprint density at radius 3 is 1.81 bits per heavy atom. The van der Waals surface area contributed by atoms with Gasteiger partial charge in [-0.05, 0) is 19.1 Å². The molecule has 0 fully saturated rings. The molecule has 0 aromatic heterocycles. The van der Waals surface area contributed by atoms with Crippen LogP contribution >= 0.6 is 0 Å². The number of imide groups is 1. The average Bonchev–Trinajstić information content (AvgIpc) is 2.56. The lowest BCUT2D eigenvalue weighted by atomic mass is 10.1. The van der Waals surface area contributed by atoms with Crippen LogP contribution in [0.15, 0.2) is 24.3 Å². The highest BCUT2D eigenvalue weighted by molar-refractivity contribution is 6.21. The van der Waals surface area contributed by atoms with E-state index in [1.165, 1.54) is 7.05 Å². The largest absolute Gasteiger partial charge is 0.385 e. The fourth-order valence-electron chi connectivity index (χ4n) is 1.31. The second-order valence-corrected chi connectivity index (χ2v) is 3.29. The van der Waals surface area contributed by atoms with Gasteiger partial charge < -0.3 is 4.74 Å². The van der Waals surface area contributed by atoms with Gasteiger partial charge in [0.1, 0.15) is 0 Å². The van der Waals surface area contributed by atoms with Crippen LogP contribution in [-0.4, -0.2) is 37.5 Å². The van der Waals surface area contributed by atoms with Crippen molar-refractivity contribution >= 4 is 11.8 Å². The van der Waals surface area contributed by atoms with E-state index in [9.17, 15) is 9.59 Å². The van der Waals surface area contributed by atoms with Crippen molar-refractivity contribution in [2.45, 2.75) is 6.92 Å². The third kappa shape index (κ3) is 2.28. The Kier molecular flexibility index (Phi) is 4.19. The molecule has 2 amide bonds. The first kappa shape index (κ1) is 12.4. The first-order valence-corrected chi connectivity index (χ1v) is 5.03. The van der Waals surface area contributed by atoms with Crippen molar-refractivity contribution in [2.75, 3.05) is 20.8 Å². The predicted molar refractivity (Wildman–Crippen MR) is 60.4 cm³/mol. The van der Waals surface area contributed by atoms with Crippen LogP contribution in [0.1, 0.15) is 27.6 Å². The number of hydrogen-bond acceptors (Lipinski definition) is 3. The summed E-state index contributed by atoms with van der Waals surface area (Å²) in [7, 11) is 3.17. The number of amides is 2. The smallest absolute Gasteiger partial charge is 0.261 e. The van der Waals surface area contributed by atoms with E-state index < -0.39 is 0 Å². The van der Waals surface area contributed by atoms with E-state index in [1.807, 2.05) is 6.92 Å². The minimum atomic E-state index is -0.212. The summed E-state index contributed by atoms with van der Waals surface area (Å²) in [5.41, 5.74) is 1.01. The van der Waals surface area contributed by atoms with E-state index in [0.29, 0.717) is 11.1 Å². The van der Waals surface area contributed by atoms with Crippen LogP contribution in [0.25, 0.3) is 0 Å². The van der Waals surface area contributed by atoms with Gasteiger partial charge in [0.05, 0.1) is 11.1 Å². The van der Waals surface area contributed by atoms with Gasteiger partial charge in [-0.25, -0.2) is 0 Å². The van der Waals surface area contributed by atoms with Crippen molar-refractivity contribution in [3.8, 4) is 0 Å². The highest BCUT2D eigenvalue weighted by atomic mass is 16.5. The van der Waals surface area contributed by atoms with Crippen molar-refractivity contribution in [3.05, 3.63) is 35.4 Å². The van der Waals surface area contributed by atoms with Crippen molar-refractivity contribution in [3.63, 3.8) is 0 Å². The van der Waals surface area contributed by atoms with Gasteiger partial charge >= 0.3 is 0 Å². The molecule has 1 aromatic carbocycles. The monoisotopic (exact) mass is 221 g/mol. The van der Waals surface area contributed by atoms with Gasteiger partial charge in [0.2, 0.25) is 0 Å². The van der Waals surface area contributed by atoms with Crippen LogP contribution in [-0.2, 0) is 4.74 Å². The molecule has 0 aliphatic carbocycles. The van der Waals surface area contributed by atoms with E-state index in [1.54, 1.807) is 31.4 Å². The molecule has 2 rings (SSSR count). The molecule has 0 unspecified atom stereocenters. The summed E-state index contributed by atoms with van der Waals surface area (Å²) in [5, 5.41) is 0. The van der Waals surface area contributed by atoms with E-state index in [4.69, 9.17) is 0 Å². The molecule has 0 spiro atoms. The molecular formula is C12H15NO3. The molecule has 0 saturated heterocycles. The van der Waals surface area contributed by atoms with Crippen molar-refractivity contribution in [1.82, 2.24) is 4.90 Å². The molecule has 1 aromatic rings. The van der Waals surface area contributed by atoms with Gasteiger partial charge in [0.15, 0.2) is 0 Å². The number of fused-ring (bicyclic) bond motifs is 1. The SMILES string of the molecule is CCOC.CN1C(=O)c2ccccc2C1=O. The molecule has 0 N–H and O–H groups in total. The predicted octanol–water partition coefficient (Wildman–Crippen LogP) is 1.57. The van der Waals surface area contributed by atoms with Gasteiger partial charge in [-0.1, -0.05) is 12.1 Å². The van der Waals surface area contributed by atoms with Crippen molar-refractivity contribution in [1.29, 1.82) is 0 Å². The second kappa shape index (κ2) is 5.42. The van der Waals surface area contributed by atoms with Crippen LogP contribution in [0, 0.1) is 0 Å². The quantitative estimate of drug-likeness (QED) is 0.676. The molecule has 0 atom stereocenters. The van der Waals surface area contributed by atoms with Crippen LogP contribution in [0.2, 0.25) is 0 Å². The molecule has 1 aliphatic heterocycles. The molecule has 1 heterocycles. The van der Waals surface area contributed by atoms with E-state index in [2.05, 4.69) is 4.74 Å². The van der Waals surface area contributed by atoms with Gasteiger partial charge in [0.25, 0.3) is 11.8 Å². The molecule has 1 aliphatic rings. The Hall–Kier alpha value is -1.68. The van der Waals surface area contributed by atoms with Crippen LogP contribution < -0.4 is 0 Å². The number of hydrogen-bond donors (Lipinski definition) is 0. The highest BCUT2D eigenvalue weighted by Gasteiger charge is 2.31. The third-order valence-electron chi connectivity index (χ3n) is 2.29. The summed E-state index contributed by atoms with van der Waals surface area (Å²) in [6.45, 7) is 2.78. The normalized spacial score (nSPS) is 13.3. The summed E-state index contributed by atoms with van der Waals surface area (Å²) in [6.07, 6.45) is 0. The lowest BCUT2D eigenvalue weighted by molar-refractivity contribution is 0.0693. The first-order chi connectivity index (χ1) is 7.63. The molecule has 4 nitrogen and oxygen atoms in total. The van der Waals surface area contributed by atoms with Crippen molar-refractivity contribution in [2.24, 2.45) is 0 Å². The van der Waals surface area contributed by atoms with Crippen molar-refractivity contribution < 1.29 is 14.3 Å². The minimum Gasteiger partial charge on any atom is -0.385 e. The second-order valence-electron chi connectivity index (χ2n) is 3.29. The number of ether oxygens (including phenoxy) is 1. The van der Waals surface area contributed by atoms with Crippen LogP contribution in [0.5, 0.6) is 0 Å². The van der Waals surface area contributed by atoms with Gasteiger partial charge in [0, 0.05) is 20.8 Å². The molecule has 0 saturated carbocycles. The molecule has 4 heteroatoms. The average molecular weight is 221 g/mol. The lowest BCUT2D eigenvalue weighted by Gasteiger charge is -2.02. The Labute approximate surface area is 94.8 Å². The molecular weight excluding hydrogens is 206 g/mol. The molecule has 0 bridgehead atoms. The number of nitrogens with zero attached hydrogens (tertiary/aromatic N) is 1. The Morgan fingerprint density at radius 1 is 1.12 bits per heavy atom. The number of methoxy groups -OCH3 is 1. The maximum absolute atomic E-state index is 11.3. The fourth-order valence-corrected chi connectivity index (χ4v) is 1.31. The number of carbonyl (C=O) groups excluding carboxylic acids is 2. The van der Waals surface area contributed by atoms with Gasteiger partial charge in [-0.15, -0.1) is 0 Å². The summed E-state index contributed by atoms with van der Waals surface area (Å²) < 4.78 is 4.54. The topological polar surface area (TPSA) is 46.6 Å². The zero-order chi connectivity index (χ0) is 12.1. The summed E-state index contributed by atoms with van der Waals surface area (Å²) >= 11 is 0.